The molecule has 0 radical (unpaired) electrons. The number of aromatic nitrogens is 3. The standard InChI is InChI=1S/C17H13BrN4O2S2/c1-2-11-25-17-21-20-16(12-3-5-13(18)6-4-12)22(17)14-7-9-15(10-8-14)26(19,23)24/h1,3-10H,11H2,(H2,19,23,24). The number of thioether (sulfide) groups is 1. The van der Waals surface area contributed by atoms with Gasteiger partial charge in [-0.1, -0.05) is 45.7 Å². The van der Waals surface area contributed by atoms with E-state index in [1.807, 2.05) is 28.8 Å². The van der Waals surface area contributed by atoms with Crippen molar-refractivity contribution in [2.75, 3.05) is 5.75 Å². The lowest BCUT2D eigenvalue weighted by atomic mass is 10.2. The molecule has 3 rings (SSSR count). The number of rotatable bonds is 5. The van der Waals surface area contributed by atoms with Crippen LogP contribution in [0.5, 0.6) is 0 Å². The van der Waals surface area contributed by atoms with Crippen molar-refractivity contribution in [1.29, 1.82) is 0 Å². The summed E-state index contributed by atoms with van der Waals surface area (Å²) in [7, 11) is -3.76. The number of sulfonamides is 1. The molecule has 2 N–H and O–H groups in total. The quantitative estimate of drug-likeness (QED) is 0.478. The zero-order valence-electron chi connectivity index (χ0n) is 13.3. The van der Waals surface area contributed by atoms with Gasteiger partial charge in [0.25, 0.3) is 0 Å². The van der Waals surface area contributed by atoms with Crippen LogP contribution < -0.4 is 5.14 Å². The van der Waals surface area contributed by atoms with E-state index in [0.29, 0.717) is 22.4 Å². The van der Waals surface area contributed by atoms with Crippen LogP contribution in [0.15, 0.2) is 63.1 Å². The van der Waals surface area contributed by atoms with E-state index >= 15 is 0 Å². The fourth-order valence-electron chi connectivity index (χ4n) is 2.27. The summed E-state index contributed by atoms with van der Waals surface area (Å²) in [5, 5.41) is 14.3. The monoisotopic (exact) mass is 448 g/mol. The van der Waals surface area contributed by atoms with Gasteiger partial charge in [-0.2, -0.15) is 0 Å². The summed E-state index contributed by atoms with van der Waals surface area (Å²) in [6.45, 7) is 0. The van der Waals surface area contributed by atoms with Crippen molar-refractivity contribution in [3.05, 3.63) is 53.0 Å². The van der Waals surface area contributed by atoms with E-state index < -0.39 is 10.0 Å². The van der Waals surface area contributed by atoms with Gasteiger partial charge in [0.05, 0.1) is 10.6 Å². The first-order valence-electron chi connectivity index (χ1n) is 7.31. The van der Waals surface area contributed by atoms with Crippen LogP contribution in [-0.4, -0.2) is 28.9 Å². The Bertz CT molecular complexity index is 1070. The highest BCUT2D eigenvalue weighted by molar-refractivity contribution is 9.10. The van der Waals surface area contributed by atoms with Crippen molar-refractivity contribution >= 4 is 37.7 Å². The molecule has 0 bridgehead atoms. The normalized spacial score (nSPS) is 11.3. The lowest BCUT2D eigenvalue weighted by Gasteiger charge is -2.10. The molecular weight excluding hydrogens is 436 g/mol. The third-order valence-corrected chi connectivity index (χ3v) is 5.74. The first-order valence-corrected chi connectivity index (χ1v) is 10.6. The second-order valence-electron chi connectivity index (χ2n) is 5.18. The fourth-order valence-corrected chi connectivity index (χ4v) is 3.68. The molecule has 1 heterocycles. The minimum Gasteiger partial charge on any atom is -0.270 e. The Kier molecular flexibility index (Phi) is 5.48. The highest BCUT2D eigenvalue weighted by Gasteiger charge is 2.17. The summed E-state index contributed by atoms with van der Waals surface area (Å²) in [5.41, 5.74) is 1.57. The van der Waals surface area contributed by atoms with Crippen LogP contribution in [0.3, 0.4) is 0 Å². The van der Waals surface area contributed by atoms with Gasteiger partial charge in [-0.15, -0.1) is 16.6 Å². The minimum atomic E-state index is -3.76. The number of hydrogen-bond acceptors (Lipinski definition) is 5. The van der Waals surface area contributed by atoms with E-state index in [1.165, 1.54) is 23.9 Å². The van der Waals surface area contributed by atoms with Crippen molar-refractivity contribution in [1.82, 2.24) is 14.8 Å². The first-order chi connectivity index (χ1) is 12.4. The molecule has 6 nitrogen and oxygen atoms in total. The highest BCUT2D eigenvalue weighted by atomic mass is 79.9. The van der Waals surface area contributed by atoms with E-state index in [4.69, 9.17) is 11.6 Å². The number of halogens is 1. The van der Waals surface area contributed by atoms with Crippen LogP contribution in [0.4, 0.5) is 0 Å². The summed E-state index contributed by atoms with van der Waals surface area (Å²) in [5.74, 6) is 3.62. The average molecular weight is 449 g/mol. The molecule has 9 heteroatoms. The minimum absolute atomic E-state index is 0.0392. The topological polar surface area (TPSA) is 90.9 Å². The molecule has 0 aliphatic rings. The number of benzene rings is 2. The molecular formula is C17H13BrN4O2S2. The zero-order valence-corrected chi connectivity index (χ0v) is 16.6. The Labute approximate surface area is 164 Å². The Morgan fingerprint density at radius 3 is 2.35 bits per heavy atom. The number of primary sulfonamides is 1. The molecule has 0 atom stereocenters. The van der Waals surface area contributed by atoms with Gasteiger partial charge in [-0.05, 0) is 36.4 Å². The maximum absolute atomic E-state index is 11.5. The maximum atomic E-state index is 11.5. The van der Waals surface area contributed by atoms with Gasteiger partial charge in [0.1, 0.15) is 0 Å². The smallest absolute Gasteiger partial charge is 0.238 e. The molecule has 132 valence electrons. The van der Waals surface area contributed by atoms with E-state index in [-0.39, 0.29) is 4.90 Å². The molecule has 26 heavy (non-hydrogen) atoms. The summed E-state index contributed by atoms with van der Waals surface area (Å²) >= 11 is 4.78. The summed E-state index contributed by atoms with van der Waals surface area (Å²) in [6.07, 6.45) is 5.35. The van der Waals surface area contributed by atoms with Crippen LogP contribution in [0.1, 0.15) is 0 Å². The van der Waals surface area contributed by atoms with Crippen molar-refractivity contribution in [2.45, 2.75) is 10.1 Å². The Morgan fingerprint density at radius 2 is 1.77 bits per heavy atom. The third kappa shape index (κ3) is 3.99. The van der Waals surface area contributed by atoms with E-state index in [9.17, 15) is 8.42 Å². The molecule has 0 saturated heterocycles. The molecule has 0 fully saturated rings. The molecule has 0 spiro atoms. The fraction of sp³-hybridized carbons (Fsp3) is 0.0588. The number of hydrogen-bond donors (Lipinski definition) is 1. The maximum Gasteiger partial charge on any atom is 0.238 e. The van der Waals surface area contributed by atoms with E-state index in [1.54, 1.807) is 12.1 Å². The van der Waals surface area contributed by atoms with Crippen molar-refractivity contribution < 1.29 is 8.42 Å². The Morgan fingerprint density at radius 1 is 1.12 bits per heavy atom. The van der Waals surface area contributed by atoms with Gasteiger partial charge in [0.15, 0.2) is 11.0 Å². The van der Waals surface area contributed by atoms with Crippen LogP contribution in [0.2, 0.25) is 0 Å². The third-order valence-electron chi connectivity index (χ3n) is 3.44. The van der Waals surface area contributed by atoms with Gasteiger partial charge in [0.2, 0.25) is 10.0 Å². The molecule has 0 aliphatic heterocycles. The number of nitrogens with two attached hydrogens (primary N) is 1. The van der Waals surface area contributed by atoms with Crippen molar-refractivity contribution in [3.63, 3.8) is 0 Å². The second kappa shape index (κ2) is 7.63. The van der Waals surface area contributed by atoms with Gasteiger partial charge < -0.3 is 0 Å². The zero-order chi connectivity index (χ0) is 18.7. The first kappa shape index (κ1) is 18.7. The Hall–Kier alpha value is -2.12. The number of terminal acetylenes is 1. The summed E-state index contributed by atoms with van der Waals surface area (Å²) in [6, 6.07) is 13.9. The molecule has 0 aliphatic carbocycles. The molecule has 3 aromatic rings. The van der Waals surface area contributed by atoms with E-state index in [0.717, 1.165) is 10.0 Å². The molecule has 2 aromatic carbocycles. The van der Waals surface area contributed by atoms with Crippen LogP contribution >= 0.6 is 27.7 Å². The van der Waals surface area contributed by atoms with Crippen LogP contribution in [0, 0.1) is 12.3 Å². The lowest BCUT2D eigenvalue weighted by Crippen LogP contribution is -2.12. The van der Waals surface area contributed by atoms with Crippen molar-refractivity contribution in [3.8, 4) is 29.4 Å². The summed E-state index contributed by atoms with van der Waals surface area (Å²) < 4.78 is 25.7. The lowest BCUT2D eigenvalue weighted by molar-refractivity contribution is 0.598. The van der Waals surface area contributed by atoms with Gasteiger partial charge >= 0.3 is 0 Å². The van der Waals surface area contributed by atoms with Crippen LogP contribution in [-0.2, 0) is 10.0 Å². The van der Waals surface area contributed by atoms with Gasteiger partial charge in [-0.3, -0.25) is 4.57 Å². The molecule has 1 aromatic heterocycles. The largest absolute Gasteiger partial charge is 0.270 e. The predicted molar refractivity (Wildman–Crippen MR) is 105 cm³/mol. The average Bonchev–Trinajstić information content (AvgIpc) is 3.04. The molecule has 0 unspecified atom stereocenters. The highest BCUT2D eigenvalue weighted by Crippen LogP contribution is 2.29. The predicted octanol–water partition coefficient (Wildman–Crippen LogP) is 3.07. The van der Waals surface area contributed by atoms with Gasteiger partial charge in [0, 0.05) is 15.7 Å². The SMILES string of the molecule is C#CCSc1nnc(-c2ccc(Br)cc2)n1-c1ccc(S(N)(=O)=O)cc1. The Balaban J connectivity index is 2.12. The number of nitrogens with zero attached hydrogens (tertiary/aromatic N) is 3. The van der Waals surface area contributed by atoms with E-state index in [2.05, 4.69) is 32.0 Å². The van der Waals surface area contributed by atoms with Gasteiger partial charge in [-0.25, -0.2) is 13.6 Å². The molecule has 0 saturated carbocycles. The molecule has 0 amide bonds. The summed E-state index contributed by atoms with van der Waals surface area (Å²) in [4.78, 5) is 0.0392. The second-order valence-corrected chi connectivity index (χ2v) is 8.60. The van der Waals surface area contributed by atoms with Crippen molar-refractivity contribution in [2.24, 2.45) is 5.14 Å². The van der Waals surface area contributed by atoms with Crippen LogP contribution in [0.25, 0.3) is 17.1 Å².